The summed E-state index contributed by atoms with van der Waals surface area (Å²) in [7, 11) is 1.68. The van der Waals surface area contributed by atoms with Crippen LogP contribution in [0.4, 0.5) is 0 Å². The molecule has 0 bridgehead atoms. The van der Waals surface area contributed by atoms with Gasteiger partial charge in [0, 0.05) is 55.4 Å². The van der Waals surface area contributed by atoms with E-state index in [0.29, 0.717) is 22.9 Å². The summed E-state index contributed by atoms with van der Waals surface area (Å²) >= 11 is 0. The zero-order valence-corrected chi connectivity index (χ0v) is 14.6. The lowest BCUT2D eigenvalue weighted by atomic mass is 9.92. The molecule has 2 aromatic heterocycles. The Morgan fingerprint density at radius 1 is 1.33 bits per heavy atom. The lowest BCUT2D eigenvalue weighted by Crippen LogP contribution is -2.50. The fourth-order valence-corrected chi connectivity index (χ4v) is 3.37. The third-order valence-electron chi connectivity index (χ3n) is 5.03. The van der Waals surface area contributed by atoms with Crippen molar-refractivity contribution in [2.24, 2.45) is 7.05 Å². The van der Waals surface area contributed by atoms with Crippen LogP contribution in [0.2, 0.25) is 0 Å². The van der Waals surface area contributed by atoms with Crippen LogP contribution in [0.5, 0.6) is 0 Å². The highest BCUT2D eigenvalue weighted by molar-refractivity contribution is 6.07. The molecule has 130 valence electrons. The summed E-state index contributed by atoms with van der Waals surface area (Å²) in [5.74, 6) is 0.0801. The minimum absolute atomic E-state index is 0.0443. The molecular weight excluding hydrogens is 306 g/mol. The standard InChI is InChI=1S/C18H25N3O3/c1-18(2,21-8-10-24-11-9-21)6-4-15(22)14-12-20(3)17(23)16-13(14)5-7-19-16/h5,7,12,19H,4,6,8-11H2,1-3H3. The number of nitrogens with zero attached hydrogens (tertiary/aromatic N) is 2. The van der Waals surface area contributed by atoms with Gasteiger partial charge < -0.3 is 14.3 Å². The van der Waals surface area contributed by atoms with E-state index in [1.165, 1.54) is 4.57 Å². The van der Waals surface area contributed by atoms with Crippen molar-refractivity contribution in [3.63, 3.8) is 0 Å². The average Bonchev–Trinajstić information content (AvgIpc) is 3.07. The molecule has 1 N–H and O–H groups in total. The highest BCUT2D eigenvalue weighted by atomic mass is 16.5. The van der Waals surface area contributed by atoms with Crippen LogP contribution in [0.3, 0.4) is 0 Å². The number of H-pyrrole nitrogens is 1. The van der Waals surface area contributed by atoms with E-state index in [2.05, 4.69) is 23.7 Å². The van der Waals surface area contributed by atoms with Crippen molar-refractivity contribution in [1.29, 1.82) is 0 Å². The Hall–Kier alpha value is -1.92. The molecule has 2 aromatic rings. The van der Waals surface area contributed by atoms with Crippen LogP contribution in [-0.4, -0.2) is 52.1 Å². The molecule has 0 aliphatic carbocycles. The van der Waals surface area contributed by atoms with Crippen molar-refractivity contribution >= 4 is 16.7 Å². The molecule has 3 rings (SSSR count). The predicted molar refractivity (Wildman–Crippen MR) is 93.6 cm³/mol. The Bertz CT molecular complexity index is 797. The average molecular weight is 331 g/mol. The molecule has 6 heteroatoms. The molecule has 0 amide bonds. The van der Waals surface area contributed by atoms with E-state index >= 15 is 0 Å². The Morgan fingerprint density at radius 2 is 2.04 bits per heavy atom. The van der Waals surface area contributed by atoms with Gasteiger partial charge in [-0.15, -0.1) is 0 Å². The van der Waals surface area contributed by atoms with E-state index in [4.69, 9.17) is 4.74 Å². The summed E-state index contributed by atoms with van der Waals surface area (Å²) in [4.78, 5) is 30.2. The topological polar surface area (TPSA) is 67.3 Å². The number of hydrogen-bond donors (Lipinski definition) is 1. The van der Waals surface area contributed by atoms with E-state index in [9.17, 15) is 9.59 Å². The molecule has 6 nitrogen and oxygen atoms in total. The molecule has 1 aliphatic rings. The largest absolute Gasteiger partial charge is 0.379 e. The maximum atomic E-state index is 12.8. The maximum Gasteiger partial charge on any atom is 0.274 e. The number of ketones is 1. The van der Waals surface area contributed by atoms with E-state index in [-0.39, 0.29) is 16.9 Å². The SMILES string of the molecule is Cn1cc(C(=O)CCC(C)(C)N2CCOCC2)c2cc[nH]c2c1=O. The van der Waals surface area contributed by atoms with Crippen LogP contribution >= 0.6 is 0 Å². The number of carbonyl (C=O) groups is 1. The van der Waals surface area contributed by atoms with Crippen molar-refractivity contribution in [2.45, 2.75) is 32.2 Å². The molecule has 1 aliphatic heterocycles. The monoisotopic (exact) mass is 331 g/mol. The van der Waals surface area contributed by atoms with Crippen molar-refractivity contribution in [1.82, 2.24) is 14.5 Å². The summed E-state index contributed by atoms with van der Waals surface area (Å²) in [6.45, 7) is 7.67. The van der Waals surface area contributed by atoms with Gasteiger partial charge in [0.25, 0.3) is 5.56 Å². The molecule has 0 saturated carbocycles. The van der Waals surface area contributed by atoms with Gasteiger partial charge in [-0.25, -0.2) is 0 Å². The number of pyridine rings is 1. The summed E-state index contributed by atoms with van der Waals surface area (Å²) in [6.07, 6.45) is 4.60. The van der Waals surface area contributed by atoms with Gasteiger partial charge in [-0.1, -0.05) is 0 Å². The molecule has 0 spiro atoms. The summed E-state index contributed by atoms with van der Waals surface area (Å²) in [5.41, 5.74) is 0.958. The second kappa shape index (κ2) is 6.53. The first-order valence-electron chi connectivity index (χ1n) is 8.43. The van der Waals surface area contributed by atoms with E-state index < -0.39 is 0 Å². The Kier molecular flexibility index (Phi) is 4.60. The number of aromatic nitrogens is 2. The highest BCUT2D eigenvalue weighted by Crippen LogP contribution is 2.24. The van der Waals surface area contributed by atoms with Crippen molar-refractivity contribution in [2.75, 3.05) is 26.3 Å². The van der Waals surface area contributed by atoms with Gasteiger partial charge in [-0.2, -0.15) is 0 Å². The fraction of sp³-hybridized carbons (Fsp3) is 0.556. The van der Waals surface area contributed by atoms with Crippen LogP contribution in [0, 0.1) is 0 Å². The van der Waals surface area contributed by atoms with Gasteiger partial charge in [-0.05, 0) is 26.3 Å². The normalized spacial score (nSPS) is 16.6. The van der Waals surface area contributed by atoms with Gasteiger partial charge in [0.15, 0.2) is 5.78 Å². The van der Waals surface area contributed by atoms with Crippen LogP contribution < -0.4 is 5.56 Å². The molecule has 0 aromatic carbocycles. The first kappa shape index (κ1) is 16.9. The molecule has 0 atom stereocenters. The first-order valence-corrected chi connectivity index (χ1v) is 8.43. The number of hydrogen-bond acceptors (Lipinski definition) is 4. The second-order valence-electron chi connectivity index (χ2n) is 7.06. The maximum absolute atomic E-state index is 12.8. The Balaban J connectivity index is 1.77. The van der Waals surface area contributed by atoms with E-state index in [0.717, 1.165) is 32.7 Å². The summed E-state index contributed by atoms with van der Waals surface area (Å²) in [6, 6.07) is 1.80. The summed E-state index contributed by atoms with van der Waals surface area (Å²) in [5, 5.41) is 0.715. The number of morpholine rings is 1. The van der Waals surface area contributed by atoms with Gasteiger partial charge >= 0.3 is 0 Å². The smallest absolute Gasteiger partial charge is 0.274 e. The number of Topliss-reactive ketones (excluding diaryl/α,β-unsaturated/α-hetero) is 1. The number of aromatic amines is 1. The van der Waals surface area contributed by atoms with Crippen LogP contribution in [-0.2, 0) is 11.8 Å². The van der Waals surface area contributed by atoms with Gasteiger partial charge in [0.05, 0.1) is 13.2 Å². The number of aryl methyl sites for hydroxylation is 1. The molecular formula is C18H25N3O3. The predicted octanol–water partition coefficient (Wildman–Crippen LogP) is 1.94. The van der Waals surface area contributed by atoms with Crippen LogP contribution in [0.1, 0.15) is 37.0 Å². The number of nitrogens with one attached hydrogen (secondary N) is 1. The third kappa shape index (κ3) is 3.16. The zero-order chi connectivity index (χ0) is 17.3. The lowest BCUT2D eigenvalue weighted by molar-refractivity contribution is -0.0129. The van der Waals surface area contributed by atoms with Crippen molar-refractivity contribution < 1.29 is 9.53 Å². The van der Waals surface area contributed by atoms with Crippen LogP contribution in [0.25, 0.3) is 10.9 Å². The molecule has 1 saturated heterocycles. The molecule has 1 fully saturated rings. The number of fused-ring (bicyclic) bond motifs is 1. The molecule has 0 unspecified atom stereocenters. The number of rotatable bonds is 5. The number of ether oxygens (including phenoxy) is 1. The zero-order valence-electron chi connectivity index (χ0n) is 14.6. The third-order valence-corrected chi connectivity index (χ3v) is 5.03. The van der Waals surface area contributed by atoms with E-state index in [1.807, 2.05) is 0 Å². The Labute approximate surface area is 141 Å². The number of carbonyl (C=O) groups excluding carboxylic acids is 1. The first-order chi connectivity index (χ1) is 11.4. The molecule has 24 heavy (non-hydrogen) atoms. The minimum Gasteiger partial charge on any atom is -0.379 e. The minimum atomic E-state index is -0.111. The summed E-state index contributed by atoms with van der Waals surface area (Å²) < 4.78 is 6.88. The van der Waals surface area contributed by atoms with Gasteiger partial charge in [0.1, 0.15) is 5.52 Å². The van der Waals surface area contributed by atoms with Crippen molar-refractivity contribution in [3.8, 4) is 0 Å². The highest BCUT2D eigenvalue weighted by Gasteiger charge is 2.29. The van der Waals surface area contributed by atoms with Crippen molar-refractivity contribution in [3.05, 3.63) is 34.4 Å². The van der Waals surface area contributed by atoms with Gasteiger partial charge in [-0.3, -0.25) is 14.5 Å². The fourth-order valence-electron chi connectivity index (χ4n) is 3.37. The second-order valence-corrected chi connectivity index (χ2v) is 7.06. The molecule has 0 radical (unpaired) electrons. The van der Waals surface area contributed by atoms with Gasteiger partial charge in [0.2, 0.25) is 0 Å². The Morgan fingerprint density at radius 3 is 2.75 bits per heavy atom. The molecule has 3 heterocycles. The lowest BCUT2D eigenvalue weighted by Gasteiger charge is -2.40. The quantitative estimate of drug-likeness (QED) is 0.850. The van der Waals surface area contributed by atoms with Crippen LogP contribution in [0.15, 0.2) is 23.3 Å². The van der Waals surface area contributed by atoms with E-state index in [1.54, 1.807) is 25.5 Å².